The standard InChI is InChI=1S/C28H23F2N7O2/c1-5-22(38)36-20-8-7-18(23(30)15(20)3)25-16(4)24-26(27(31)34-13-33-24)37(25)17-6-9-21(19(29)12-17)39-28-32-11-10-14(2)35-28/h5-13H,1H2,2-4H3,(H,36,38)(H2,31,33,34). The van der Waals surface area contributed by atoms with E-state index in [-0.39, 0.29) is 28.7 Å². The maximum Gasteiger partial charge on any atom is 0.322 e. The predicted molar refractivity (Wildman–Crippen MR) is 144 cm³/mol. The maximum atomic E-state index is 15.9. The van der Waals surface area contributed by atoms with Gasteiger partial charge in [0.05, 0.1) is 11.2 Å². The Morgan fingerprint density at radius 1 is 1.08 bits per heavy atom. The van der Waals surface area contributed by atoms with E-state index >= 15 is 8.78 Å². The summed E-state index contributed by atoms with van der Waals surface area (Å²) in [6.07, 6.45) is 3.92. The minimum absolute atomic E-state index is 0.00317. The summed E-state index contributed by atoms with van der Waals surface area (Å²) >= 11 is 0. The first-order valence-electron chi connectivity index (χ1n) is 11.8. The number of ether oxygens (including phenoxy) is 1. The minimum atomic E-state index is -0.697. The second-order valence-electron chi connectivity index (χ2n) is 8.76. The number of nitrogens with zero attached hydrogens (tertiary/aromatic N) is 5. The molecule has 0 aliphatic heterocycles. The molecule has 9 nitrogen and oxygen atoms in total. The molecule has 5 aromatic rings. The molecule has 0 spiro atoms. The number of aromatic nitrogens is 5. The van der Waals surface area contributed by atoms with Crippen LogP contribution in [0.4, 0.5) is 20.3 Å². The van der Waals surface area contributed by atoms with E-state index < -0.39 is 17.5 Å². The van der Waals surface area contributed by atoms with Crippen LogP contribution in [0.15, 0.2) is 61.6 Å². The van der Waals surface area contributed by atoms with Crippen LogP contribution in [0.2, 0.25) is 0 Å². The van der Waals surface area contributed by atoms with Gasteiger partial charge in [-0.1, -0.05) is 6.58 Å². The number of hydrogen-bond acceptors (Lipinski definition) is 7. The van der Waals surface area contributed by atoms with Gasteiger partial charge in [0.15, 0.2) is 17.4 Å². The summed E-state index contributed by atoms with van der Waals surface area (Å²) in [7, 11) is 0. The van der Waals surface area contributed by atoms with Gasteiger partial charge in [-0.25, -0.2) is 28.7 Å². The first kappa shape index (κ1) is 25.5. The molecule has 0 bridgehead atoms. The molecule has 39 heavy (non-hydrogen) atoms. The third kappa shape index (κ3) is 4.54. The molecular formula is C28H23F2N7O2. The van der Waals surface area contributed by atoms with Crippen molar-refractivity contribution in [1.82, 2.24) is 24.5 Å². The molecule has 3 N–H and O–H groups in total. The molecule has 196 valence electrons. The van der Waals surface area contributed by atoms with Crippen molar-refractivity contribution in [2.45, 2.75) is 20.8 Å². The predicted octanol–water partition coefficient (Wildman–Crippen LogP) is 5.58. The van der Waals surface area contributed by atoms with Crippen molar-refractivity contribution in [3.8, 4) is 28.7 Å². The van der Waals surface area contributed by atoms with Crippen LogP contribution in [0.25, 0.3) is 28.0 Å². The van der Waals surface area contributed by atoms with Crippen molar-refractivity contribution in [3.63, 3.8) is 0 Å². The largest absolute Gasteiger partial charge is 0.421 e. The monoisotopic (exact) mass is 527 g/mol. The number of carbonyl (C=O) groups excluding carboxylic acids is 1. The molecule has 1 amide bonds. The van der Waals surface area contributed by atoms with Crippen LogP contribution in [0.3, 0.4) is 0 Å². The van der Waals surface area contributed by atoms with Gasteiger partial charge in [0.1, 0.15) is 17.7 Å². The Morgan fingerprint density at radius 3 is 2.59 bits per heavy atom. The van der Waals surface area contributed by atoms with E-state index in [9.17, 15) is 4.79 Å². The lowest BCUT2D eigenvalue weighted by atomic mass is 10.0. The molecule has 5 rings (SSSR count). The van der Waals surface area contributed by atoms with Crippen LogP contribution in [0.1, 0.15) is 16.8 Å². The quantitative estimate of drug-likeness (QED) is 0.277. The summed E-state index contributed by atoms with van der Waals surface area (Å²) in [4.78, 5) is 28.4. The van der Waals surface area contributed by atoms with Crippen LogP contribution in [-0.4, -0.2) is 30.4 Å². The number of anilines is 2. The number of nitrogen functional groups attached to an aromatic ring is 1. The highest BCUT2D eigenvalue weighted by atomic mass is 19.1. The van der Waals surface area contributed by atoms with Crippen molar-refractivity contribution in [2.24, 2.45) is 0 Å². The highest BCUT2D eigenvalue weighted by Crippen LogP contribution is 2.40. The SMILES string of the molecule is C=CC(=O)Nc1ccc(-c2c(C)c3ncnc(N)c3n2-c2ccc(Oc3nccc(C)n3)c(F)c2)c(F)c1C. The number of aryl methyl sites for hydroxylation is 2. The smallest absolute Gasteiger partial charge is 0.322 e. The molecule has 0 atom stereocenters. The highest BCUT2D eigenvalue weighted by molar-refractivity contribution is 6.00. The van der Waals surface area contributed by atoms with Gasteiger partial charge in [-0.15, -0.1) is 0 Å². The molecule has 0 unspecified atom stereocenters. The normalized spacial score (nSPS) is 11.0. The molecule has 3 heterocycles. The van der Waals surface area contributed by atoms with Gasteiger partial charge in [0.2, 0.25) is 5.91 Å². The van der Waals surface area contributed by atoms with E-state index in [0.29, 0.717) is 39.4 Å². The number of nitrogens with one attached hydrogen (secondary N) is 1. The Morgan fingerprint density at radius 2 is 1.87 bits per heavy atom. The van der Waals surface area contributed by atoms with Crippen molar-refractivity contribution in [3.05, 3.63) is 90.0 Å². The molecule has 11 heteroatoms. The molecule has 0 fully saturated rings. The van der Waals surface area contributed by atoms with Crippen molar-refractivity contribution >= 4 is 28.4 Å². The topological polar surface area (TPSA) is 121 Å². The Hall–Kier alpha value is -5.19. The zero-order valence-corrected chi connectivity index (χ0v) is 21.3. The lowest BCUT2D eigenvalue weighted by Crippen LogP contribution is -2.10. The average Bonchev–Trinajstić information content (AvgIpc) is 3.21. The fourth-order valence-electron chi connectivity index (χ4n) is 4.33. The second kappa shape index (κ2) is 9.93. The molecule has 0 aliphatic carbocycles. The molecule has 2 aromatic carbocycles. The zero-order chi connectivity index (χ0) is 27.8. The number of fused-ring (bicyclic) bond motifs is 1. The summed E-state index contributed by atoms with van der Waals surface area (Å²) in [5, 5.41) is 2.59. The highest BCUT2D eigenvalue weighted by Gasteiger charge is 2.25. The third-order valence-electron chi connectivity index (χ3n) is 6.24. The number of hydrogen-bond donors (Lipinski definition) is 2. The summed E-state index contributed by atoms with van der Waals surface area (Å²) in [6.45, 7) is 8.51. The molecule has 0 radical (unpaired) electrons. The van der Waals surface area contributed by atoms with Gasteiger partial charge >= 0.3 is 6.01 Å². The number of benzene rings is 2. The van der Waals surface area contributed by atoms with Crippen LogP contribution in [0, 0.1) is 32.4 Å². The zero-order valence-electron chi connectivity index (χ0n) is 21.3. The fraction of sp³-hybridized carbons (Fsp3) is 0.107. The average molecular weight is 528 g/mol. The Bertz CT molecular complexity index is 1780. The first-order valence-corrected chi connectivity index (χ1v) is 11.8. The van der Waals surface area contributed by atoms with E-state index in [4.69, 9.17) is 10.5 Å². The van der Waals surface area contributed by atoms with Gasteiger partial charge in [0, 0.05) is 46.0 Å². The summed E-state index contributed by atoms with van der Waals surface area (Å²) < 4.78 is 38.3. The van der Waals surface area contributed by atoms with Gasteiger partial charge in [-0.05, 0) is 57.2 Å². The summed E-state index contributed by atoms with van der Waals surface area (Å²) in [5.74, 6) is -1.69. The first-order chi connectivity index (χ1) is 18.7. The molecule has 0 saturated heterocycles. The molecule has 0 saturated carbocycles. The summed E-state index contributed by atoms with van der Waals surface area (Å²) in [5.41, 5.74) is 9.83. The van der Waals surface area contributed by atoms with Crippen molar-refractivity contribution < 1.29 is 18.3 Å². The number of carbonyl (C=O) groups is 1. The molecule has 3 aromatic heterocycles. The van der Waals surface area contributed by atoms with E-state index in [0.717, 1.165) is 6.08 Å². The van der Waals surface area contributed by atoms with Crippen LogP contribution in [0.5, 0.6) is 11.8 Å². The van der Waals surface area contributed by atoms with E-state index in [2.05, 4.69) is 31.8 Å². The Labute approximate surface area is 222 Å². The lowest BCUT2D eigenvalue weighted by Gasteiger charge is -2.16. The van der Waals surface area contributed by atoms with E-state index in [1.807, 2.05) is 0 Å². The van der Waals surface area contributed by atoms with Crippen LogP contribution < -0.4 is 15.8 Å². The number of halogens is 2. The Kier molecular flexibility index (Phi) is 6.48. The van der Waals surface area contributed by atoms with Gasteiger partial charge in [0.25, 0.3) is 0 Å². The molecular weight excluding hydrogens is 504 g/mol. The van der Waals surface area contributed by atoms with Crippen molar-refractivity contribution in [2.75, 3.05) is 11.1 Å². The van der Waals surface area contributed by atoms with Gasteiger partial charge < -0.3 is 20.4 Å². The fourth-order valence-corrected chi connectivity index (χ4v) is 4.33. The van der Waals surface area contributed by atoms with E-state index in [1.165, 1.54) is 30.7 Å². The molecule has 0 aliphatic rings. The maximum absolute atomic E-state index is 15.9. The van der Waals surface area contributed by atoms with Gasteiger partial charge in [-0.3, -0.25) is 4.79 Å². The Balaban J connectivity index is 1.69. The second-order valence-corrected chi connectivity index (χ2v) is 8.76. The minimum Gasteiger partial charge on any atom is -0.421 e. The lowest BCUT2D eigenvalue weighted by molar-refractivity contribution is -0.111. The van der Waals surface area contributed by atoms with Crippen LogP contribution in [-0.2, 0) is 4.79 Å². The number of nitrogens with two attached hydrogens (primary N) is 1. The van der Waals surface area contributed by atoms with Crippen LogP contribution >= 0.6 is 0 Å². The number of rotatable bonds is 6. The number of amides is 1. The van der Waals surface area contributed by atoms with Gasteiger partial charge in [-0.2, -0.15) is 0 Å². The van der Waals surface area contributed by atoms with E-state index in [1.54, 1.807) is 43.5 Å². The summed E-state index contributed by atoms with van der Waals surface area (Å²) in [6, 6.07) is 9.09. The third-order valence-corrected chi connectivity index (χ3v) is 6.24. The van der Waals surface area contributed by atoms with Crippen molar-refractivity contribution in [1.29, 1.82) is 0 Å².